The fourth-order valence-corrected chi connectivity index (χ4v) is 6.29. The molecule has 2 fully saturated rings. The van der Waals surface area contributed by atoms with Crippen LogP contribution in [0, 0.1) is 10.8 Å². The minimum Gasteiger partial charge on any atom is -0.374 e. The lowest BCUT2D eigenvalue weighted by molar-refractivity contribution is -0.0174. The monoisotopic (exact) mass is 585 g/mol. The third kappa shape index (κ3) is 6.99. The number of hydrogen-bond acceptors (Lipinski definition) is 6. The fraction of sp³-hybridized carbons (Fsp3) is 0.545. The molecule has 2 radical (unpaired) electrons. The Labute approximate surface area is 259 Å². The summed E-state index contributed by atoms with van der Waals surface area (Å²) in [4.78, 5) is 11.8. The maximum atomic E-state index is 6.38. The van der Waals surface area contributed by atoms with Gasteiger partial charge in [-0.3, -0.25) is 0 Å². The Morgan fingerprint density at radius 1 is 1.19 bits per heavy atom. The van der Waals surface area contributed by atoms with Crippen molar-refractivity contribution in [1.82, 2.24) is 24.1 Å². The summed E-state index contributed by atoms with van der Waals surface area (Å²) in [5, 5.41) is 8.54. The van der Waals surface area contributed by atoms with E-state index in [1.165, 1.54) is 18.5 Å². The van der Waals surface area contributed by atoms with E-state index in [9.17, 15) is 0 Å². The highest BCUT2D eigenvalue weighted by atomic mass is 32.1. The maximum absolute atomic E-state index is 6.38. The number of hydrogen-bond donors (Lipinski definition) is 2. The molecule has 1 atom stereocenters. The van der Waals surface area contributed by atoms with E-state index in [-0.39, 0.29) is 5.41 Å². The van der Waals surface area contributed by atoms with Crippen molar-refractivity contribution in [1.29, 1.82) is 0 Å². The van der Waals surface area contributed by atoms with Gasteiger partial charge in [-0.2, -0.15) is 12.6 Å². The number of anilines is 1. The van der Waals surface area contributed by atoms with Crippen LogP contribution in [0.25, 0.3) is 16.6 Å². The predicted molar refractivity (Wildman–Crippen MR) is 180 cm³/mol. The van der Waals surface area contributed by atoms with Gasteiger partial charge in [-0.05, 0) is 54.9 Å². The highest BCUT2D eigenvalue weighted by molar-refractivity contribution is 7.83. The molecule has 2 aliphatic rings. The first-order valence-corrected chi connectivity index (χ1v) is 15.6. The Bertz CT molecular complexity index is 1490. The van der Waals surface area contributed by atoms with Gasteiger partial charge in [0.05, 0.1) is 19.1 Å². The zero-order valence-corrected chi connectivity index (χ0v) is 27.5. The van der Waals surface area contributed by atoms with E-state index in [1.807, 2.05) is 49.2 Å². The lowest BCUT2D eigenvalue weighted by atomic mass is 9.66. The largest absolute Gasteiger partial charge is 0.374 e. The number of nitrogens with one attached hydrogen (secondary N) is 1. The maximum Gasteiger partial charge on any atom is 0.241 e. The molecule has 3 aromatic heterocycles. The van der Waals surface area contributed by atoms with Gasteiger partial charge >= 0.3 is 0 Å². The van der Waals surface area contributed by atoms with Crippen molar-refractivity contribution in [3.63, 3.8) is 0 Å². The summed E-state index contributed by atoms with van der Waals surface area (Å²) in [6.45, 7) is 23.0. The first kappa shape index (κ1) is 32.0. The summed E-state index contributed by atoms with van der Waals surface area (Å²) in [6, 6.07) is 6.48. The van der Waals surface area contributed by atoms with Gasteiger partial charge in [0.25, 0.3) is 0 Å². The van der Waals surface area contributed by atoms with Crippen LogP contribution in [0.3, 0.4) is 0 Å². The second-order valence-corrected chi connectivity index (χ2v) is 14.1. The highest BCUT2D eigenvalue weighted by Crippen LogP contribution is 2.47. The van der Waals surface area contributed by atoms with Gasteiger partial charge in [-0.25, -0.2) is 14.5 Å². The Morgan fingerprint density at radius 2 is 1.86 bits per heavy atom. The minimum atomic E-state index is -0.713. The molecule has 7 nitrogen and oxygen atoms in total. The predicted octanol–water partition coefficient (Wildman–Crippen LogP) is 6.38. The highest BCUT2D eigenvalue weighted by Gasteiger charge is 2.46. The van der Waals surface area contributed by atoms with Crippen molar-refractivity contribution in [2.24, 2.45) is 22.9 Å². The van der Waals surface area contributed by atoms with E-state index >= 15 is 0 Å². The number of nitrogens with zero attached hydrogens (tertiary/aromatic N) is 6. The van der Waals surface area contributed by atoms with E-state index in [0.717, 1.165) is 53.8 Å². The van der Waals surface area contributed by atoms with Crippen LogP contribution in [0.5, 0.6) is 0 Å². The average molecular weight is 586 g/mol. The van der Waals surface area contributed by atoms with Gasteiger partial charge in [0.2, 0.25) is 5.95 Å². The van der Waals surface area contributed by atoms with Gasteiger partial charge in [0.15, 0.2) is 0 Å². The van der Waals surface area contributed by atoms with E-state index in [4.69, 9.17) is 17.9 Å². The van der Waals surface area contributed by atoms with E-state index in [2.05, 4.69) is 80.1 Å². The average Bonchev–Trinajstić information content (AvgIpc) is 3.33. The number of rotatable bonds is 7. The lowest BCUT2D eigenvalue weighted by Gasteiger charge is -2.56. The molecule has 1 spiro atoms. The lowest BCUT2D eigenvalue weighted by Crippen LogP contribution is -2.58. The molecule has 1 unspecified atom stereocenters. The molecule has 0 amide bonds. The van der Waals surface area contributed by atoms with Crippen molar-refractivity contribution in [3.8, 4) is 11.1 Å². The molecule has 4 heterocycles. The van der Waals surface area contributed by atoms with Crippen molar-refractivity contribution in [2.75, 3.05) is 18.4 Å². The summed E-state index contributed by atoms with van der Waals surface area (Å²) in [5.74, 6) is 0.644. The first-order chi connectivity index (χ1) is 19.8. The number of fused-ring (bicyclic) bond motifs is 1. The molecule has 1 saturated carbocycles. The summed E-state index contributed by atoms with van der Waals surface area (Å²) >= 11 is 4.64. The quantitative estimate of drug-likeness (QED) is 0.250. The van der Waals surface area contributed by atoms with Gasteiger partial charge < -0.3 is 14.8 Å². The summed E-state index contributed by atoms with van der Waals surface area (Å²) in [5.41, 5.74) is 6.56. The van der Waals surface area contributed by atoms with Crippen molar-refractivity contribution in [2.45, 2.75) is 84.3 Å². The Morgan fingerprint density at radius 3 is 2.43 bits per heavy atom. The minimum absolute atomic E-state index is 0.126. The van der Waals surface area contributed by atoms with E-state index in [0.29, 0.717) is 23.8 Å². The topological polar surface area (TPSA) is 62.8 Å². The number of allylic oxidation sites excluding steroid dienone is 1. The number of thiol groups is 1. The summed E-state index contributed by atoms with van der Waals surface area (Å²) in [7, 11) is 8.35. The summed E-state index contributed by atoms with van der Waals surface area (Å²) < 4.78 is 3.20. The van der Waals surface area contributed by atoms with E-state index < -0.39 is 4.65 Å². The molecular weight excluding hydrogens is 537 g/mol. The molecule has 1 N–H and O–H groups in total. The molecule has 1 aliphatic carbocycles. The molecule has 9 heteroatoms. The van der Waals surface area contributed by atoms with Crippen LogP contribution in [0.1, 0.15) is 72.9 Å². The number of aryl methyl sites for hydroxylation is 1. The number of likely N-dealkylation sites (tertiary alicyclic amines) is 1. The molecule has 5 rings (SSSR count). The molecular formula is C33H48BN7S. The van der Waals surface area contributed by atoms with Crippen molar-refractivity contribution in [3.05, 3.63) is 66.8 Å². The second-order valence-electron chi connectivity index (χ2n) is 13.1. The van der Waals surface area contributed by atoms with Crippen LogP contribution in [0.4, 0.5) is 5.95 Å². The van der Waals surface area contributed by atoms with Crippen molar-refractivity contribution < 1.29 is 0 Å². The molecule has 224 valence electrons. The van der Waals surface area contributed by atoms with Crippen LogP contribution in [-0.4, -0.2) is 55.7 Å². The third-order valence-corrected chi connectivity index (χ3v) is 8.59. The van der Waals surface area contributed by atoms with Crippen LogP contribution in [0.15, 0.2) is 60.6 Å². The number of pyridine rings is 1. The molecule has 42 heavy (non-hydrogen) atoms. The Balaban J connectivity index is 0.00000198. The van der Waals surface area contributed by atoms with Crippen LogP contribution < -0.4 is 10.8 Å². The molecule has 3 aromatic rings. The van der Waals surface area contributed by atoms with E-state index in [1.54, 1.807) is 6.20 Å². The molecule has 1 aliphatic heterocycles. The van der Waals surface area contributed by atoms with Crippen LogP contribution in [-0.2, 0) is 13.5 Å². The second kappa shape index (κ2) is 12.4. The molecule has 1 saturated heterocycles. The standard InChI is InChI=1S/C31H42BN7S.C2H6/c1-8-33-26-10-9-22(18-37(26)7)24-13-16-39-27(24)25(17-30(6,32)40)35-28(36-39)34-23-11-14-31(15-12-23)19-38(20-31)21(2)29(3,4)5;1-2/h8-10,13,16,18,23,40H,1-2,11-12,14-15,17,19-20H2,3-7H3,(H,34,36);1-2H3. The third-order valence-electron chi connectivity index (χ3n) is 8.43. The van der Waals surface area contributed by atoms with Gasteiger partial charge in [-0.1, -0.05) is 54.7 Å². The number of aromatic nitrogens is 4. The van der Waals surface area contributed by atoms with Crippen molar-refractivity contribution >= 4 is 31.9 Å². The SMILES string of the molecule is CC.[B]C(C)(S)Cc1nc(NC2CCC3(CC2)CN(C(=C)C(C)(C)C)C3)nn2ccc(-c3ccc(=NC=C)n(C)c3)c12. The van der Waals surface area contributed by atoms with Gasteiger partial charge in [0, 0.05) is 72.4 Å². The normalized spacial score (nSPS) is 18.7. The molecule has 0 bridgehead atoms. The van der Waals surface area contributed by atoms with Crippen LogP contribution in [0.2, 0.25) is 0 Å². The first-order valence-electron chi connectivity index (χ1n) is 15.2. The van der Waals surface area contributed by atoms with Gasteiger partial charge in [-0.15, -0.1) is 5.10 Å². The Kier molecular flexibility index (Phi) is 9.41. The summed E-state index contributed by atoms with van der Waals surface area (Å²) in [6.07, 6.45) is 10.8. The fourth-order valence-electron chi connectivity index (χ4n) is 6.14. The Hall–Kier alpha value is -2.94. The smallest absolute Gasteiger partial charge is 0.241 e. The van der Waals surface area contributed by atoms with Crippen LogP contribution >= 0.6 is 12.6 Å². The zero-order valence-electron chi connectivity index (χ0n) is 26.6. The zero-order chi connectivity index (χ0) is 30.9. The molecule has 0 aromatic carbocycles. The van der Waals surface area contributed by atoms with Gasteiger partial charge in [0.1, 0.15) is 5.49 Å².